The van der Waals surface area contributed by atoms with Crippen molar-refractivity contribution in [2.75, 3.05) is 0 Å². The zero-order chi connectivity index (χ0) is 36.6. The average molecular weight is 735 g/mol. The molecule has 3 saturated carbocycles. The summed E-state index contributed by atoms with van der Waals surface area (Å²) in [6, 6.07) is 13.4. The highest BCUT2D eigenvalue weighted by Crippen LogP contribution is 2.46. The molecule has 3 fully saturated rings. The highest BCUT2D eigenvalue weighted by Gasteiger charge is 2.29. The summed E-state index contributed by atoms with van der Waals surface area (Å²) >= 11 is 3.64. The highest BCUT2D eigenvalue weighted by atomic mass is 32.1. The fourth-order valence-electron chi connectivity index (χ4n) is 8.93. The number of nitrogens with zero attached hydrogens (tertiary/aromatic N) is 2. The van der Waals surface area contributed by atoms with Gasteiger partial charge in [-0.1, -0.05) is 80.1 Å². The largest absolute Gasteiger partial charge is 0.507 e. The van der Waals surface area contributed by atoms with Gasteiger partial charge in [-0.15, -0.1) is 22.7 Å². The SMILES string of the molecule is CC(C)(C)c1cc(-c2sccc2C2CCCC2)cc(C=N[C@H]2CCCC[C@@H]2N=Cc2cc(-c3sccc3C3CCCC3)cc(C(C)(C)C)c2O)c1O. The monoisotopic (exact) mass is 734 g/mol. The number of aromatic hydroxyl groups is 2. The summed E-state index contributed by atoms with van der Waals surface area (Å²) in [5.41, 5.74) is 8.37. The second-order valence-electron chi connectivity index (χ2n) is 17.8. The van der Waals surface area contributed by atoms with Crippen LogP contribution in [0.1, 0.15) is 164 Å². The summed E-state index contributed by atoms with van der Waals surface area (Å²) in [5, 5.41) is 27.8. The zero-order valence-corrected chi connectivity index (χ0v) is 33.8. The molecule has 3 aliphatic rings. The van der Waals surface area contributed by atoms with Gasteiger partial charge in [0, 0.05) is 44.4 Å². The molecule has 0 aliphatic heterocycles. The first-order chi connectivity index (χ1) is 24.9. The normalized spacial score (nSPS) is 21.0. The molecule has 2 heterocycles. The van der Waals surface area contributed by atoms with Gasteiger partial charge in [0.05, 0.1) is 12.1 Å². The fraction of sp³-hybridized carbons (Fsp3) is 0.522. The van der Waals surface area contributed by atoms with Crippen molar-refractivity contribution in [3.05, 3.63) is 80.5 Å². The number of rotatable bonds is 8. The highest BCUT2D eigenvalue weighted by molar-refractivity contribution is 7.14. The predicted molar refractivity (Wildman–Crippen MR) is 224 cm³/mol. The maximum absolute atomic E-state index is 11.6. The van der Waals surface area contributed by atoms with Crippen LogP contribution in [0, 0.1) is 0 Å². The molecular weight excluding hydrogens is 677 g/mol. The topological polar surface area (TPSA) is 65.2 Å². The quantitative estimate of drug-likeness (QED) is 0.177. The molecule has 3 aliphatic carbocycles. The summed E-state index contributed by atoms with van der Waals surface area (Å²) in [6.45, 7) is 13.1. The van der Waals surface area contributed by atoms with E-state index in [1.54, 1.807) is 0 Å². The third kappa shape index (κ3) is 7.85. The van der Waals surface area contributed by atoms with E-state index < -0.39 is 0 Å². The molecule has 0 amide bonds. The van der Waals surface area contributed by atoms with E-state index in [0.29, 0.717) is 23.3 Å². The van der Waals surface area contributed by atoms with E-state index in [9.17, 15) is 10.2 Å². The number of phenols is 2. The Balaban J connectivity index is 1.20. The Kier molecular flexibility index (Phi) is 10.9. The van der Waals surface area contributed by atoms with Crippen molar-refractivity contribution in [2.24, 2.45) is 9.98 Å². The molecule has 2 N–H and O–H groups in total. The Bertz CT molecular complexity index is 1780. The lowest BCUT2D eigenvalue weighted by Gasteiger charge is -2.26. The molecule has 0 bridgehead atoms. The Morgan fingerprint density at radius 2 is 0.923 bits per heavy atom. The van der Waals surface area contributed by atoms with Crippen LogP contribution in [0.15, 0.2) is 57.1 Å². The number of hydrogen-bond acceptors (Lipinski definition) is 6. The van der Waals surface area contributed by atoms with Crippen molar-refractivity contribution in [3.63, 3.8) is 0 Å². The first kappa shape index (κ1) is 37.1. The van der Waals surface area contributed by atoms with Crippen molar-refractivity contribution < 1.29 is 10.2 Å². The minimum absolute atomic E-state index is 0.0145. The summed E-state index contributed by atoms with van der Waals surface area (Å²) in [5.74, 6) is 1.92. The smallest absolute Gasteiger partial charge is 0.128 e. The van der Waals surface area contributed by atoms with Crippen LogP contribution in [0.3, 0.4) is 0 Å². The van der Waals surface area contributed by atoms with Gasteiger partial charge in [0.15, 0.2) is 0 Å². The Morgan fingerprint density at radius 3 is 1.29 bits per heavy atom. The molecule has 7 rings (SSSR count). The van der Waals surface area contributed by atoms with Gasteiger partial charge >= 0.3 is 0 Å². The summed E-state index contributed by atoms with van der Waals surface area (Å²) in [4.78, 5) is 13.1. The molecular formula is C46H58N2O2S2. The van der Waals surface area contributed by atoms with E-state index in [4.69, 9.17) is 9.98 Å². The van der Waals surface area contributed by atoms with Crippen molar-refractivity contribution in [1.29, 1.82) is 0 Å². The van der Waals surface area contributed by atoms with Gasteiger partial charge in [0.1, 0.15) is 11.5 Å². The van der Waals surface area contributed by atoms with E-state index in [1.165, 1.54) is 83.4 Å². The molecule has 52 heavy (non-hydrogen) atoms. The maximum Gasteiger partial charge on any atom is 0.128 e. The molecule has 0 radical (unpaired) electrons. The molecule has 0 unspecified atom stereocenters. The van der Waals surface area contributed by atoms with Crippen molar-refractivity contribution in [3.8, 4) is 32.4 Å². The minimum Gasteiger partial charge on any atom is -0.507 e. The van der Waals surface area contributed by atoms with E-state index in [1.807, 2.05) is 35.1 Å². The molecule has 2 aromatic carbocycles. The number of hydrogen-bond donors (Lipinski definition) is 2. The molecule has 2 aromatic heterocycles. The zero-order valence-electron chi connectivity index (χ0n) is 32.2. The molecule has 4 nitrogen and oxygen atoms in total. The van der Waals surface area contributed by atoms with Crippen LogP contribution in [0.4, 0.5) is 0 Å². The first-order valence-electron chi connectivity index (χ1n) is 19.9. The lowest BCUT2D eigenvalue weighted by molar-refractivity contribution is 0.390. The van der Waals surface area contributed by atoms with E-state index in [-0.39, 0.29) is 22.9 Å². The van der Waals surface area contributed by atoms with E-state index in [0.717, 1.165) is 47.9 Å². The molecule has 0 spiro atoms. The summed E-state index contributed by atoms with van der Waals surface area (Å²) in [7, 11) is 0. The minimum atomic E-state index is -0.214. The van der Waals surface area contributed by atoms with Gasteiger partial charge in [0.2, 0.25) is 0 Å². The summed E-state index contributed by atoms with van der Waals surface area (Å²) < 4.78 is 0. The average Bonchev–Trinajstić information content (AvgIpc) is 3.94. The van der Waals surface area contributed by atoms with Crippen LogP contribution in [0.5, 0.6) is 11.5 Å². The van der Waals surface area contributed by atoms with E-state index in [2.05, 4.69) is 88.7 Å². The van der Waals surface area contributed by atoms with Gasteiger partial charge in [0.25, 0.3) is 0 Å². The number of aliphatic imine (C=N–C) groups is 2. The van der Waals surface area contributed by atoms with Crippen LogP contribution >= 0.6 is 22.7 Å². The number of phenolic OH excluding ortho intramolecular Hbond substituents is 2. The summed E-state index contributed by atoms with van der Waals surface area (Å²) in [6.07, 6.45) is 18.3. The second-order valence-corrected chi connectivity index (χ2v) is 19.6. The standard InChI is InChI=1S/C46H58N2O2S2/c1-45(2,3)37-25-31(43-35(19-21-51-43)29-13-7-8-14-29)23-33(41(37)49)27-47-39-17-11-12-18-40(39)48-28-34-24-32(26-38(42(34)50)46(4,5)6)44-36(20-22-52-44)30-15-9-10-16-30/h19-30,39-40,49-50H,7-18H2,1-6H3/t39-,40-/m0/s1. The van der Waals surface area contributed by atoms with Gasteiger partial charge in [-0.05, 0) is 131 Å². The van der Waals surface area contributed by atoms with Crippen molar-refractivity contribution >= 4 is 35.1 Å². The third-order valence-corrected chi connectivity index (χ3v) is 13.9. The second kappa shape index (κ2) is 15.3. The first-order valence-corrected chi connectivity index (χ1v) is 21.6. The number of thiophene rings is 2. The lowest BCUT2D eigenvalue weighted by Crippen LogP contribution is -2.27. The van der Waals surface area contributed by atoms with Crippen LogP contribution in [0.25, 0.3) is 20.9 Å². The Labute approximate surface area is 320 Å². The lowest BCUT2D eigenvalue weighted by atomic mass is 9.83. The molecule has 0 saturated heterocycles. The van der Waals surface area contributed by atoms with Gasteiger partial charge in [-0.2, -0.15) is 0 Å². The van der Waals surface area contributed by atoms with Gasteiger partial charge < -0.3 is 10.2 Å². The van der Waals surface area contributed by atoms with Crippen LogP contribution in [0.2, 0.25) is 0 Å². The Morgan fingerprint density at radius 1 is 0.558 bits per heavy atom. The molecule has 4 aromatic rings. The van der Waals surface area contributed by atoms with Gasteiger partial charge in [-0.25, -0.2) is 0 Å². The molecule has 6 heteroatoms. The maximum atomic E-state index is 11.6. The van der Waals surface area contributed by atoms with Crippen LogP contribution < -0.4 is 0 Å². The van der Waals surface area contributed by atoms with Crippen LogP contribution in [-0.2, 0) is 10.8 Å². The number of benzene rings is 2. The third-order valence-electron chi connectivity index (χ3n) is 11.9. The van der Waals surface area contributed by atoms with Crippen LogP contribution in [-0.4, -0.2) is 34.7 Å². The Hall–Kier alpha value is -3.22. The molecule has 276 valence electrons. The van der Waals surface area contributed by atoms with Gasteiger partial charge in [-0.3, -0.25) is 9.98 Å². The molecule has 2 atom stereocenters. The van der Waals surface area contributed by atoms with Crippen molar-refractivity contribution in [1.82, 2.24) is 0 Å². The van der Waals surface area contributed by atoms with Crippen molar-refractivity contribution in [2.45, 2.75) is 153 Å². The predicted octanol–water partition coefficient (Wildman–Crippen LogP) is 13.3. The van der Waals surface area contributed by atoms with E-state index >= 15 is 0 Å². The fourth-order valence-corrected chi connectivity index (χ4v) is 10.9.